The van der Waals surface area contributed by atoms with Gasteiger partial charge in [0.25, 0.3) is 0 Å². The van der Waals surface area contributed by atoms with E-state index < -0.39 is 5.97 Å². The normalized spacial score (nSPS) is 30.2. The monoisotopic (exact) mass is 256 g/mol. The van der Waals surface area contributed by atoms with Crippen molar-refractivity contribution in [1.82, 2.24) is 10.6 Å². The minimum absolute atomic E-state index is 0.189. The number of rotatable bonds is 3. The molecule has 0 bridgehead atoms. The summed E-state index contributed by atoms with van der Waals surface area (Å²) in [6.07, 6.45) is -0.189. The summed E-state index contributed by atoms with van der Waals surface area (Å²) in [5, 5.41) is 15.5. The molecule has 0 aliphatic carbocycles. The van der Waals surface area contributed by atoms with E-state index in [0.717, 1.165) is 10.6 Å². The van der Waals surface area contributed by atoms with Crippen molar-refractivity contribution in [3.8, 4) is 0 Å². The highest BCUT2D eigenvalue weighted by atomic mass is 32.1. The molecule has 1 heterocycles. The maximum absolute atomic E-state index is 10.9. The van der Waals surface area contributed by atoms with Crippen LogP contribution in [0.2, 0.25) is 0 Å². The SMILES string of the molecule is C/C(C(=O)O)=C(\C)C1NC(=S)C(C)(C(C)C)N1. The second-order valence-electron chi connectivity index (χ2n) is 5.02. The summed E-state index contributed by atoms with van der Waals surface area (Å²) in [5.41, 5.74) is 0.843. The van der Waals surface area contributed by atoms with Crippen LogP contribution >= 0.6 is 12.2 Å². The van der Waals surface area contributed by atoms with Crippen molar-refractivity contribution < 1.29 is 9.90 Å². The molecular formula is C12H20N2O2S. The Hall–Kier alpha value is -0.940. The van der Waals surface area contributed by atoms with Gasteiger partial charge in [0.1, 0.15) is 6.17 Å². The Balaban J connectivity index is 2.98. The number of hydrogen-bond acceptors (Lipinski definition) is 3. The summed E-state index contributed by atoms with van der Waals surface area (Å²) >= 11 is 5.34. The average Bonchev–Trinajstić information content (AvgIpc) is 2.54. The highest BCUT2D eigenvalue weighted by Crippen LogP contribution is 2.25. The van der Waals surface area contributed by atoms with Gasteiger partial charge in [0.15, 0.2) is 0 Å². The molecule has 0 aromatic carbocycles. The van der Waals surface area contributed by atoms with Crippen molar-refractivity contribution in [1.29, 1.82) is 0 Å². The standard InChI is InChI=1S/C12H20N2O2S/c1-6(2)12(5)11(17)13-9(14-12)7(3)8(4)10(15)16/h6,9,14H,1-5H3,(H,13,17)(H,15,16)/b8-7-. The van der Waals surface area contributed by atoms with Gasteiger partial charge in [-0.25, -0.2) is 4.79 Å². The van der Waals surface area contributed by atoms with Crippen molar-refractivity contribution in [2.45, 2.75) is 46.3 Å². The first-order chi connectivity index (χ1) is 7.70. The minimum Gasteiger partial charge on any atom is -0.478 e. The van der Waals surface area contributed by atoms with Crippen LogP contribution in [0.3, 0.4) is 0 Å². The lowest BCUT2D eigenvalue weighted by Crippen LogP contribution is -2.48. The number of carboxylic acid groups (broad SMARTS) is 1. The summed E-state index contributed by atoms with van der Waals surface area (Å²) < 4.78 is 0. The van der Waals surface area contributed by atoms with Gasteiger partial charge in [-0.3, -0.25) is 5.32 Å². The number of hydrogen-bond donors (Lipinski definition) is 3. The van der Waals surface area contributed by atoms with Crippen LogP contribution in [0.5, 0.6) is 0 Å². The zero-order chi connectivity index (χ0) is 13.4. The fourth-order valence-corrected chi connectivity index (χ4v) is 2.13. The third-order valence-electron chi connectivity index (χ3n) is 3.69. The molecule has 5 heteroatoms. The topological polar surface area (TPSA) is 61.4 Å². The fraction of sp³-hybridized carbons (Fsp3) is 0.667. The summed E-state index contributed by atoms with van der Waals surface area (Å²) in [7, 11) is 0. The van der Waals surface area contributed by atoms with E-state index in [2.05, 4.69) is 24.5 Å². The Morgan fingerprint density at radius 3 is 2.35 bits per heavy atom. The average molecular weight is 256 g/mol. The lowest BCUT2D eigenvalue weighted by atomic mass is 9.89. The zero-order valence-electron chi connectivity index (χ0n) is 10.9. The maximum atomic E-state index is 10.9. The highest BCUT2D eigenvalue weighted by molar-refractivity contribution is 7.80. The van der Waals surface area contributed by atoms with Crippen LogP contribution < -0.4 is 10.6 Å². The van der Waals surface area contributed by atoms with E-state index in [0.29, 0.717) is 11.5 Å². The molecule has 3 N–H and O–H groups in total. The zero-order valence-corrected chi connectivity index (χ0v) is 11.7. The van der Waals surface area contributed by atoms with Crippen LogP contribution in [-0.2, 0) is 4.79 Å². The Bertz CT molecular complexity index is 390. The first-order valence-electron chi connectivity index (χ1n) is 5.69. The number of carboxylic acids is 1. The molecule has 1 fully saturated rings. The summed E-state index contributed by atoms with van der Waals surface area (Å²) in [5.74, 6) is -0.555. The molecule has 0 spiro atoms. The first-order valence-corrected chi connectivity index (χ1v) is 6.10. The molecule has 0 amide bonds. The van der Waals surface area contributed by atoms with Crippen LogP contribution in [-0.4, -0.2) is 27.8 Å². The van der Waals surface area contributed by atoms with E-state index in [-0.39, 0.29) is 11.7 Å². The molecule has 2 atom stereocenters. The fourth-order valence-electron chi connectivity index (χ4n) is 1.71. The van der Waals surface area contributed by atoms with Crippen molar-refractivity contribution in [3.63, 3.8) is 0 Å². The number of aliphatic carboxylic acids is 1. The molecule has 1 saturated heterocycles. The molecular weight excluding hydrogens is 236 g/mol. The first kappa shape index (κ1) is 14.1. The van der Waals surface area contributed by atoms with Crippen molar-refractivity contribution in [2.24, 2.45) is 5.92 Å². The van der Waals surface area contributed by atoms with Crippen molar-refractivity contribution >= 4 is 23.2 Å². The molecule has 17 heavy (non-hydrogen) atoms. The smallest absolute Gasteiger partial charge is 0.331 e. The number of thiocarbonyl (C=S) groups is 1. The van der Waals surface area contributed by atoms with Crippen LogP contribution in [0.4, 0.5) is 0 Å². The van der Waals surface area contributed by atoms with Crippen molar-refractivity contribution in [3.05, 3.63) is 11.1 Å². The summed E-state index contributed by atoms with van der Waals surface area (Å²) in [4.78, 5) is 11.7. The van der Waals surface area contributed by atoms with E-state index in [1.807, 2.05) is 13.8 Å². The van der Waals surface area contributed by atoms with E-state index >= 15 is 0 Å². The third kappa shape index (κ3) is 2.50. The predicted molar refractivity (Wildman–Crippen MR) is 71.9 cm³/mol. The van der Waals surface area contributed by atoms with Gasteiger partial charge >= 0.3 is 5.97 Å². The van der Waals surface area contributed by atoms with Crippen LogP contribution in [0.25, 0.3) is 0 Å². The van der Waals surface area contributed by atoms with Gasteiger partial charge in [-0.15, -0.1) is 0 Å². The van der Waals surface area contributed by atoms with E-state index in [9.17, 15) is 4.79 Å². The molecule has 1 aliphatic heterocycles. The molecule has 0 aromatic rings. The van der Waals surface area contributed by atoms with Crippen LogP contribution in [0.15, 0.2) is 11.1 Å². The Morgan fingerprint density at radius 2 is 2.00 bits per heavy atom. The van der Waals surface area contributed by atoms with Gasteiger partial charge < -0.3 is 10.4 Å². The molecule has 1 rings (SSSR count). The van der Waals surface area contributed by atoms with Gasteiger partial charge in [-0.1, -0.05) is 26.1 Å². The molecule has 96 valence electrons. The summed E-state index contributed by atoms with van der Waals surface area (Å²) in [6, 6.07) is 0. The maximum Gasteiger partial charge on any atom is 0.331 e. The van der Waals surface area contributed by atoms with Gasteiger partial charge in [0.05, 0.1) is 10.5 Å². The highest BCUT2D eigenvalue weighted by Gasteiger charge is 2.42. The van der Waals surface area contributed by atoms with E-state index in [1.54, 1.807) is 6.92 Å². The largest absolute Gasteiger partial charge is 0.478 e. The quantitative estimate of drug-likeness (QED) is 0.529. The number of nitrogens with one attached hydrogen (secondary N) is 2. The van der Waals surface area contributed by atoms with Gasteiger partial charge in [-0.2, -0.15) is 0 Å². The predicted octanol–water partition coefficient (Wildman–Crippen LogP) is 1.67. The minimum atomic E-state index is -0.893. The van der Waals surface area contributed by atoms with Gasteiger partial charge in [0, 0.05) is 5.57 Å². The summed E-state index contributed by atoms with van der Waals surface area (Å²) in [6.45, 7) is 9.63. The molecule has 1 aliphatic rings. The second kappa shape index (κ2) is 4.74. The molecule has 2 unspecified atom stereocenters. The van der Waals surface area contributed by atoms with Crippen molar-refractivity contribution in [2.75, 3.05) is 0 Å². The number of carbonyl (C=O) groups is 1. The van der Waals surface area contributed by atoms with E-state index in [4.69, 9.17) is 17.3 Å². The second-order valence-corrected chi connectivity index (χ2v) is 5.43. The molecule has 4 nitrogen and oxygen atoms in total. The molecule has 0 saturated carbocycles. The van der Waals surface area contributed by atoms with Gasteiger partial charge in [-0.05, 0) is 32.3 Å². The molecule has 0 aromatic heterocycles. The lowest BCUT2D eigenvalue weighted by Gasteiger charge is -2.28. The Kier molecular flexibility index (Phi) is 3.94. The Morgan fingerprint density at radius 1 is 1.47 bits per heavy atom. The van der Waals surface area contributed by atoms with Gasteiger partial charge in [0.2, 0.25) is 0 Å². The van der Waals surface area contributed by atoms with Crippen LogP contribution in [0.1, 0.15) is 34.6 Å². The third-order valence-corrected chi connectivity index (χ3v) is 4.23. The Labute approximate surface area is 107 Å². The molecule has 0 radical (unpaired) electrons. The van der Waals surface area contributed by atoms with E-state index in [1.165, 1.54) is 0 Å². The van der Waals surface area contributed by atoms with Crippen LogP contribution in [0, 0.1) is 5.92 Å². The lowest BCUT2D eigenvalue weighted by molar-refractivity contribution is -0.132.